The Hall–Kier alpha value is -0.790. The molecular weight excluding hydrogens is 152 g/mol. The van der Waals surface area contributed by atoms with Gasteiger partial charge in [-0.3, -0.25) is 4.79 Å². The monoisotopic (exact) mass is 168 g/mol. The summed E-state index contributed by atoms with van der Waals surface area (Å²) >= 11 is 0. The van der Waals surface area contributed by atoms with Crippen molar-refractivity contribution in [2.75, 3.05) is 7.11 Å². The van der Waals surface area contributed by atoms with E-state index in [1.54, 1.807) is 7.11 Å². The summed E-state index contributed by atoms with van der Waals surface area (Å²) in [6.45, 7) is 1.90. The van der Waals surface area contributed by atoms with E-state index < -0.39 is 0 Å². The quantitative estimate of drug-likeness (QED) is 0.647. The molecule has 0 atom stereocenters. The van der Waals surface area contributed by atoms with Crippen LogP contribution in [0.4, 0.5) is 0 Å². The topological polar surface area (TPSA) is 26.3 Å². The summed E-state index contributed by atoms with van der Waals surface area (Å²) in [4.78, 5) is 11.4. The molecule has 0 unspecified atom stereocenters. The highest BCUT2D eigenvalue weighted by atomic mass is 16.5. The second-order valence-corrected chi connectivity index (χ2v) is 3.09. The van der Waals surface area contributed by atoms with Crippen molar-refractivity contribution in [2.24, 2.45) is 0 Å². The van der Waals surface area contributed by atoms with E-state index in [2.05, 4.69) is 0 Å². The molecular formula is C10H16O2. The minimum atomic E-state index is 0.256. The largest absolute Gasteiger partial charge is 0.501 e. The predicted molar refractivity (Wildman–Crippen MR) is 47.8 cm³/mol. The Kier molecular flexibility index (Phi) is 3.32. The third kappa shape index (κ3) is 1.87. The van der Waals surface area contributed by atoms with Gasteiger partial charge in [0.15, 0.2) is 5.78 Å². The molecule has 0 spiro atoms. The molecule has 0 saturated carbocycles. The van der Waals surface area contributed by atoms with Crippen LogP contribution in [-0.4, -0.2) is 12.9 Å². The van der Waals surface area contributed by atoms with Crippen LogP contribution < -0.4 is 0 Å². The SMILES string of the molecule is CCC(=O)C1=C(OC)CCCC1. The molecule has 0 radical (unpaired) electrons. The van der Waals surface area contributed by atoms with Crippen molar-refractivity contribution in [1.29, 1.82) is 0 Å². The molecule has 0 heterocycles. The van der Waals surface area contributed by atoms with Gasteiger partial charge in [0.1, 0.15) is 5.76 Å². The van der Waals surface area contributed by atoms with Gasteiger partial charge in [-0.2, -0.15) is 0 Å². The van der Waals surface area contributed by atoms with Crippen LogP contribution in [0.5, 0.6) is 0 Å². The highest BCUT2D eigenvalue weighted by Gasteiger charge is 2.17. The molecule has 2 heteroatoms. The maximum absolute atomic E-state index is 11.4. The van der Waals surface area contributed by atoms with E-state index in [0.29, 0.717) is 6.42 Å². The molecule has 68 valence electrons. The zero-order chi connectivity index (χ0) is 8.97. The van der Waals surface area contributed by atoms with E-state index in [0.717, 1.165) is 37.0 Å². The standard InChI is InChI=1S/C10H16O2/c1-3-9(11)8-6-4-5-7-10(8)12-2/h3-7H2,1-2H3. The van der Waals surface area contributed by atoms with E-state index in [1.807, 2.05) is 6.92 Å². The predicted octanol–water partition coefficient (Wildman–Crippen LogP) is 2.44. The van der Waals surface area contributed by atoms with Gasteiger partial charge in [0.2, 0.25) is 0 Å². The van der Waals surface area contributed by atoms with Gasteiger partial charge in [-0.05, 0) is 19.3 Å². The average Bonchev–Trinajstić information content (AvgIpc) is 2.16. The van der Waals surface area contributed by atoms with E-state index >= 15 is 0 Å². The van der Waals surface area contributed by atoms with E-state index in [-0.39, 0.29) is 5.78 Å². The molecule has 0 saturated heterocycles. The summed E-state index contributed by atoms with van der Waals surface area (Å²) in [7, 11) is 1.66. The van der Waals surface area contributed by atoms with Gasteiger partial charge >= 0.3 is 0 Å². The number of carbonyl (C=O) groups is 1. The molecule has 0 amide bonds. The van der Waals surface area contributed by atoms with Crippen molar-refractivity contribution in [3.63, 3.8) is 0 Å². The maximum atomic E-state index is 11.4. The molecule has 1 aliphatic rings. The van der Waals surface area contributed by atoms with Crippen LogP contribution in [0.15, 0.2) is 11.3 Å². The van der Waals surface area contributed by atoms with Crippen LogP contribution in [0.2, 0.25) is 0 Å². The van der Waals surface area contributed by atoms with Crippen molar-refractivity contribution >= 4 is 5.78 Å². The number of hydrogen-bond acceptors (Lipinski definition) is 2. The van der Waals surface area contributed by atoms with Crippen molar-refractivity contribution in [1.82, 2.24) is 0 Å². The first-order valence-electron chi connectivity index (χ1n) is 4.58. The van der Waals surface area contributed by atoms with E-state index in [4.69, 9.17) is 4.74 Å². The number of allylic oxidation sites excluding steroid dienone is 2. The van der Waals surface area contributed by atoms with Crippen LogP contribution in [0.3, 0.4) is 0 Å². The van der Waals surface area contributed by atoms with Crippen LogP contribution in [0, 0.1) is 0 Å². The average molecular weight is 168 g/mol. The first-order chi connectivity index (χ1) is 5.79. The molecule has 0 aromatic rings. The Morgan fingerprint density at radius 2 is 2.08 bits per heavy atom. The lowest BCUT2D eigenvalue weighted by Crippen LogP contribution is -2.10. The third-order valence-corrected chi connectivity index (χ3v) is 2.32. The highest BCUT2D eigenvalue weighted by molar-refractivity contribution is 5.95. The van der Waals surface area contributed by atoms with Crippen LogP contribution >= 0.6 is 0 Å². The molecule has 0 bridgehead atoms. The van der Waals surface area contributed by atoms with Crippen molar-refractivity contribution < 1.29 is 9.53 Å². The molecule has 0 aromatic carbocycles. The zero-order valence-electron chi connectivity index (χ0n) is 7.85. The Morgan fingerprint density at radius 1 is 1.42 bits per heavy atom. The van der Waals surface area contributed by atoms with E-state index in [1.165, 1.54) is 0 Å². The Bertz CT molecular complexity index is 204. The van der Waals surface area contributed by atoms with Gasteiger partial charge in [-0.1, -0.05) is 6.92 Å². The Balaban J connectivity index is 2.79. The summed E-state index contributed by atoms with van der Waals surface area (Å²) in [6.07, 6.45) is 4.74. The van der Waals surface area contributed by atoms with Gasteiger partial charge in [0, 0.05) is 18.4 Å². The molecule has 0 aromatic heterocycles. The lowest BCUT2D eigenvalue weighted by atomic mass is 9.94. The maximum Gasteiger partial charge on any atom is 0.161 e. The fraction of sp³-hybridized carbons (Fsp3) is 0.700. The number of hydrogen-bond donors (Lipinski definition) is 0. The number of carbonyl (C=O) groups excluding carboxylic acids is 1. The van der Waals surface area contributed by atoms with Gasteiger partial charge in [-0.25, -0.2) is 0 Å². The second kappa shape index (κ2) is 4.29. The number of rotatable bonds is 3. The molecule has 1 rings (SSSR count). The zero-order valence-corrected chi connectivity index (χ0v) is 7.85. The van der Waals surface area contributed by atoms with Crippen LogP contribution in [-0.2, 0) is 9.53 Å². The van der Waals surface area contributed by atoms with Gasteiger partial charge in [-0.15, -0.1) is 0 Å². The number of ether oxygens (including phenoxy) is 1. The first-order valence-corrected chi connectivity index (χ1v) is 4.58. The Labute approximate surface area is 73.6 Å². The summed E-state index contributed by atoms with van der Waals surface area (Å²) < 4.78 is 5.19. The third-order valence-electron chi connectivity index (χ3n) is 2.32. The number of Topliss-reactive ketones (excluding diaryl/α,β-unsaturated/α-hetero) is 1. The van der Waals surface area contributed by atoms with E-state index in [9.17, 15) is 4.79 Å². The minimum absolute atomic E-state index is 0.256. The fourth-order valence-corrected chi connectivity index (χ4v) is 1.61. The summed E-state index contributed by atoms with van der Waals surface area (Å²) in [5, 5.41) is 0. The van der Waals surface area contributed by atoms with Crippen LogP contribution in [0.1, 0.15) is 39.0 Å². The highest BCUT2D eigenvalue weighted by Crippen LogP contribution is 2.26. The first kappa shape index (κ1) is 9.30. The lowest BCUT2D eigenvalue weighted by molar-refractivity contribution is -0.115. The minimum Gasteiger partial charge on any atom is -0.501 e. The fourth-order valence-electron chi connectivity index (χ4n) is 1.61. The summed E-state index contributed by atoms with van der Waals surface area (Å²) in [5.74, 6) is 1.18. The van der Waals surface area contributed by atoms with Crippen molar-refractivity contribution in [2.45, 2.75) is 39.0 Å². The molecule has 0 aliphatic heterocycles. The smallest absolute Gasteiger partial charge is 0.161 e. The molecule has 0 fully saturated rings. The van der Waals surface area contributed by atoms with Crippen molar-refractivity contribution in [3.8, 4) is 0 Å². The van der Waals surface area contributed by atoms with Crippen molar-refractivity contribution in [3.05, 3.63) is 11.3 Å². The summed E-state index contributed by atoms with van der Waals surface area (Å²) in [6, 6.07) is 0. The summed E-state index contributed by atoms with van der Waals surface area (Å²) in [5.41, 5.74) is 0.936. The number of methoxy groups -OCH3 is 1. The Morgan fingerprint density at radius 3 is 2.67 bits per heavy atom. The van der Waals surface area contributed by atoms with Gasteiger partial charge < -0.3 is 4.74 Å². The second-order valence-electron chi connectivity index (χ2n) is 3.09. The normalized spacial score (nSPS) is 17.8. The lowest BCUT2D eigenvalue weighted by Gasteiger charge is -2.17. The molecule has 2 nitrogen and oxygen atoms in total. The van der Waals surface area contributed by atoms with Crippen LogP contribution in [0.25, 0.3) is 0 Å². The van der Waals surface area contributed by atoms with Gasteiger partial charge in [0.05, 0.1) is 7.11 Å². The molecule has 0 N–H and O–H groups in total. The number of ketones is 1. The molecule has 1 aliphatic carbocycles. The molecule has 12 heavy (non-hydrogen) atoms. The van der Waals surface area contributed by atoms with Gasteiger partial charge in [0.25, 0.3) is 0 Å².